The highest BCUT2D eigenvalue weighted by atomic mass is 19.1. The Morgan fingerprint density at radius 1 is 1.31 bits per heavy atom. The topological polar surface area (TPSA) is 57.8 Å². The van der Waals surface area contributed by atoms with E-state index in [1.165, 1.54) is 24.5 Å². The summed E-state index contributed by atoms with van der Waals surface area (Å²) in [5.74, 6) is -0.0220. The summed E-state index contributed by atoms with van der Waals surface area (Å²) in [6.45, 7) is 0.431. The minimum absolute atomic E-state index is 0.256. The number of hydrogen-bond acceptors (Lipinski definition) is 3. The lowest BCUT2D eigenvalue weighted by Gasteiger charge is -2.03. The highest BCUT2D eigenvalue weighted by Crippen LogP contribution is 2.04. The molecule has 0 aliphatic rings. The third kappa shape index (κ3) is 2.44. The average molecular weight is 219 g/mol. The van der Waals surface area contributed by atoms with Gasteiger partial charge in [0.15, 0.2) is 5.82 Å². The van der Waals surface area contributed by atoms with E-state index in [2.05, 4.69) is 15.3 Å². The minimum atomic E-state index is -0.278. The molecule has 2 aromatic rings. The van der Waals surface area contributed by atoms with Crippen LogP contribution in [0.4, 0.5) is 10.2 Å². The molecule has 0 atom stereocenters. The number of hydrogen-bond donors (Lipinski definition) is 2. The number of nitrogens with one attached hydrogen (secondary N) is 2. The zero-order chi connectivity index (χ0) is 11.4. The molecule has 0 spiro atoms. The second-order valence-corrected chi connectivity index (χ2v) is 3.25. The van der Waals surface area contributed by atoms with Gasteiger partial charge in [-0.2, -0.15) is 0 Å². The van der Waals surface area contributed by atoms with E-state index in [4.69, 9.17) is 0 Å². The van der Waals surface area contributed by atoms with Crippen molar-refractivity contribution in [1.82, 2.24) is 9.97 Å². The molecule has 2 rings (SSSR count). The fourth-order valence-corrected chi connectivity index (χ4v) is 1.27. The summed E-state index contributed by atoms with van der Waals surface area (Å²) >= 11 is 0. The Morgan fingerprint density at radius 3 is 2.75 bits per heavy atom. The Labute approximate surface area is 91.2 Å². The smallest absolute Gasteiger partial charge is 0.290 e. The first-order valence-electron chi connectivity index (χ1n) is 4.78. The summed E-state index contributed by atoms with van der Waals surface area (Å²) in [5, 5.41) is 2.87. The zero-order valence-corrected chi connectivity index (χ0v) is 8.40. The second-order valence-electron chi connectivity index (χ2n) is 3.25. The van der Waals surface area contributed by atoms with E-state index in [9.17, 15) is 9.18 Å². The van der Waals surface area contributed by atoms with Crippen LogP contribution >= 0.6 is 0 Å². The van der Waals surface area contributed by atoms with Crippen molar-refractivity contribution in [3.8, 4) is 0 Å². The van der Waals surface area contributed by atoms with Crippen LogP contribution in [0.3, 0.4) is 0 Å². The molecule has 2 N–H and O–H groups in total. The van der Waals surface area contributed by atoms with E-state index in [0.29, 0.717) is 6.54 Å². The third-order valence-electron chi connectivity index (χ3n) is 2.08. The maximum absolute atomic E-state index is 12.6. The van der Waals surface area contributed by atoms with E-state index in [1.54, 1.807) is 12.1 Å². The maximum Gasteiger partial charge on any atom is 0.290 e. The number of halogens is 1. The Morgan fingerprint density at radius 2 is 2.06 bits per heavy atom. The molecule has 82 valence electrons. The molecule has 0 unspecified atom stereocenters. The van der Waals surface area contributed by atoms with Crippen molar-refractivity contribution in [2.75, 3.05) is 5.32 Å². The van der Waals surface area contributed by atoms with Gasteiger partial charge >= 0.3 is 0 Å². The molecule has 4 nitrogen and oxygen atoms in total. The largest absolute Gasteiger partial charge is 0.361 e. The van der Waals surface area contributed by atoms with Crippen LogP contribution in [0, 0.1) is 5.82 Å². The molecule has 0 radical (unpaired) electrons. The van der Waals surface area contributed by atoms with Gasteiger partial charge in [0.2, 0.25) is 0 Å². The lowest BCUT2D eigenvalue weighted by Crippen LogP contribution is -2.14. The van der Waals surface area contributed by atoms with Crippen molar-refractivity contribution in [3.63, 3.8) is 0 Å². The predicted molar refractivity (Wildman–Crippen MR) is 58.6 cm³/mol. The van der Waals surface area contributed by atoms with Gasteiger partial charge in [0.05, 0.1) is 0 Å². The number of benzene rings is 1. The highest BCUT2D eigenvalue weighted by molar-refractivity contribution is 5.32. The lowest BCUT2D eigenvalue weighted by molar-refractivity contribution is 0.627. The van der Waals surface area contributed by atoms with Crippen LogP contribution in [0.1, 0.15) is 5.56 Å². The number of rotatable bonds is 3. The molecule has 1 aromatic carbocycles. The Kier molecular flexibility index (Phi) is 2.95. The first kappa shape index (κ1) is 10.4. The van der Waals surface area contributed by atoms with Gasteiger partial charge in [-0.15, -0.1) is 0 Å². The summed E-state index contributed by atoms with van der Waals surface area (Å²) in [6.07, 6.45) is 2.96. The van der Waals surface area contributed by atoms with Crippen molar-refractivity contribution in [2.24, 2.45) is 0 Å². The molecule has 0 bridgehead atoms. The standard InChI is InChI=1S/C11H10FN3O/c12-9-3-1-8(2-4-9)7-15-10-11(16)14-6-5-13-10/h1-6H,7H2,(H,13,15)(H,14,16). The van der Waals surface area contributed by atoms with Crippen molar-refractivity contribution >= 4 is 5.82 Å². The molecule has 5 heteroatoms. The quantitative estimate of drug-likeness (QED) is 0.822. The van der Waals surface area contributed by atoms with Crippen LogP contribution in [0.15, 0.2) is 41.5 Å². The highest BCUT2D eigenvalue weighted by Gasteiger charge is 1.99. The average Bonchev–Trinajstić information content (AvgIpc) is 2.30. The molecular formula is C11H10FN3O. The van der Waals surface area contributed by atoms with E-state index >= 15 is 0 Å². The van der Waals surface area contributed by atoms with Crippen LogP contribution in [-0.2, 0) is 6.54 Å². The maximum atomic E-state index is 12.6. The SMILES string of the molecule is O=c1[nH]ccnc1NCc1ccc(F)cc1. The Bertz CT molecular complexity index is 521. The molecule has 1 heterocycles. The monoisotopic (exact) mass is 219 g/mol. The van der Waals surface area contributed by atoms with Crippen molar-refractivity contribution in [3.05, 3.63) is 58.4 Å². The van der Waals surface area contributed by atoms with Crippen LogP contribution in [-0.4, -0.2) is 9.97 Å². The van der Waals surface area contributed by atoms with E-state index in [1.807, 2.05) is 0 Å². The van der Waals surface area contributed by atoms with E-state index < -0.39 is 0 Å². The van der Waals surface area contributed by atoms with Gasteiger partial charge in [0.1, 0.15) is 5.82 Å². The van der Waals surface area contributed by atoms with Gasteiger partial charge in [0.25, 0.3) is 5.56 Å². The first-order valence-corrected chi connectivity index (χ1v) is 4.78. The van der Waals surface area contributed by atoms with Gasteiger partial charge in [-0.25, -0.2) is 9.37 Å². The predicted octanol–water partition coefficient (Wildman–Crippen LogP) is 1.52. The molecule has 1 aromatic heterocycles. The van der Waals surface area contributed by atoms with Gasteiger partial charge in [-0.1, -0.05) is 12.1 Å². The van der Waals surface area contributed by atoms with Crippen LogP contribution in [0.2, 0.25) is 0 Å². The van der Waals surface area contributed by atoms with Gasteiger partial charge in [0, 0.05) is 18.9 Å². The molecular weight excluding hydrogens is 209 g/mol. The number of aromatic amines is 1. The van der Waals surface area contributed by atoms with Crippen molar-refractivity contribution in [1.29, 1.82) is 0 Å². The van der Waals surface area contributed by atoms with Crippen LogP contribution in [0.5, 0.6) is 0 Å². The molecule has 16 heavy (non-hydrogen) atoms. The zero-order valence-electron chi connectivity index (χ0n) is 8.40. The normalized spacial score (nSPS) is 10.1. The number of H-pyrrole nitrogens is 1. The number of anilines is 1. The van der Waals surface area contributed by atoms with E-state index in [-0.39, 0.29) is 17.2 Å². The van der Waals surface area contributed by atoms with Crippen LogP contribution < -0.4 is 10.9 Å². The number of nitrogens with zero attached hydrogens (tertiary/aromatic N) is 1. The van der Waals surface area contributed by atoms with E-state index in [0.717, 1.165) is 5.56 Å². The molecule has 0 saturated carbocycles. The van der Waals surface area contributed by atoms with Crippen molar-refractivity contribution < 1.29 is 4.39 Å². The Hall–Kier alpha value is -2.17. The molecule has 0 aliphatic heterocycles. The Balaban J connectivity index is 2.05. The first-order chi connectivity index (χ1) is 7.75. The summed E-state index contributed by atoms with van der Waals surface area (Å²) in [7, 11) is 0. The fourth-order valence-electron chi connectivity index (χ4n) is 1.27. The fraction of sp³-hybridized carbons (Fsp3) is 0.0909. The molecule has 0 fully saturated rings. The second kappa shape index (κ2) is 4.57. The molecule has 0 amide bonds. The molecule has 0 aliphatic carbocycles. The van der Waals surface area contributed by atoms with Gasteiger partial charge in [-0.05, 0) is 17.7 Å². The minimum Gasteiger partial charge on any atom is -0.361 e. The summed E-state index contributed by atoms with van der Waals surface area (Å²) < 4.78 is 12.6. The summed E-state index contributed by atoms with van der Waals surface area (Å²) in [6, 6.07) is 6.05. The number of aromatic nitrogens is 2. The lowest BCUT2D eigenvalue weighted by atomic mass is 10.2. The van der Waals surface area contributed by atoms with Gasteiger partial charge < -0.3 is 10.3 Å². The summed E-state index contributed by atoms with van der Waals surface area (Å²) in [5.41, 5.74) is 0.607. The molecule has 0 saturated heterocycles. The third-order valence-corrected chi connectivity index (χ3v) is 2.08. The van der Waals surface area contributed by atoms with Gasteiger partial charge in [-0.3, -0.25) is 4.79 Å². The van der Waals surface area contributed by atoms with Crippen molar-refractivity contribution in [2.45, 2.75) is 6.54 Å². The van der Waals surface area contributed by atoms with Crippen LogP contribution in [0.25, 0.3) is 0 Å². The summed E-state index contributed by atoms with van der Waals surface area (Å²) in [4.78, 5) is 17.6.